The molecule has 2 atom stereocenters. The largest absolute Gasteiger partial charge is 0.481 e. The van der Waals surface area contributed by atoms with E-state index < -0.39 is 5.97 Å². The lowest BCUT2D eigenvalue weighted by Crippen LogP contribution is -2.39. The van der Waals surface area contributed by atoms with Gasteiger partial charge >= 0.3 is 5.97 Å². The highest BCUT2D eigenvalue weighted by molar-refractivity contribution is 6.25. The molecule has 1 fully saturated rings. The first-order chi connectivity index (χ1) is 8.02. The summed E-state index contributed by atoms with van der Waals surface area (Å²) < 4.78 is 0. The maximum Gasteiger partial charge on any atom is 0.303 e. The van der Waals surface area contributed by atoms with Crippen LogP contribution in [0.5, 0.6) is 0 Å². The lowest BCUT2D eigenvalue weighted by Gasteiger charge is -2.35. The van der Waals surface area contributed by atoms with Gasteiger partial charge in [0.15, 0.2) is 0 Å². The number of aliphatic carboxylic acids is 1. The fourth-order valence-corrected chi connectivity index (χ4v) is 2.60. The molecule has 0 aromatic rings. The van der Waals surface area contributed by atoms with E-state index in [9.17, 15) is 4.79 Å². The Labute approximate surface area is 108 Å². The highest BCUT2D eigenvalue weighted by Crippen LogP contribution is 2.26. The number of halogens is 1. The van der Waals surface area contributed by atoms with E-state index in [1.54, 1.807) is 5.54 Å². The summed E-state index contributed by atoms with van der Waals surface area (Å²) in [6.07, 6.45) is 2.58. The minimum absolute atomic E-state index is 0.260. The zero-order chi connectivity index (χ0) is 12.8. The van der Waals surface area contributed by atoms with Gasteiger partial charge in [0.1, 0.15) is 0 Å². The number of piperidine rings is 1. The van der Waals surface area contributed by atoms with Crippen LogP contribution in [0, 0.1) is 11.8 Å². The number of carboxylic acid groups (broad SMARTS) is 1. The number of carbonyl (C=O) groups is 1. The molecular formula is C13H22ClNO2. The summed E-state index contributed by atoms with van der Waals surface area (Å²) in [5.41, 5.74) is 2.79. The Hall–Kier alpha value is -0.540. The Morgan fingerprint density at radius 2 is 2.35 bits per heavy atom. The van der Waals surface area contributed by atoms with E-state index in [4.69, 9.17) is 16.7 Å². The molecule has 3 nitrogen and oxygen atoms in total. The molecule has 98 valence electrons. The SMILES string of the molecule is CC(=CCl)CN1CCCC(C(C)CC(=O)O)C1. The maximum absolute atomic E-state index is 10.7. The van der Waals surface area contributed by atoms with Crippen LogP contribution in [0.2, 0.25) is 0 Å². The minimum atomic E-state index is -0.688. The van der Waals surface area contributed by atoms with E-state index in [1.807, 2.05) is 13.8 Å². The number of likely N-dealkylation sites (tertiary alicyclic amines) is 1. The zero-order valence-electron chi connectivity index (χ0n) is 10.7. The molecule has 0 bridgehead atoms. The highest BCUT2D eigenvalue weighted by Gasteiger charge is 2.25. The van der Waals surface area contributed by atoms with E-state index in [1.165, 1.54) is 5.57 Å². The van der Waals surface area contributed by atoms with Crippen LogP contribution in [0.4, 0.5) is 0 Å². The van der Waals surface area contributed by atoms with Crippen molar-refractivity contribution in [1.29, 1.82) is 0 Å². The number of hydrogen-bond acceptors (Lipinski definition) is 2. The average Bonchev–Trinajstić information content (AvgIpc) is 2.28. The number of rotatable bonds is 5. The molecule has 0 amide bonds. The smallest absolute Gasteiger partial charge is 0.303 e. The number of carboxylic acids is 1. The fourth-order valence-electron chi connectivity index (χ4n) is 2.53. The van der Waals surface area contributed by atoms with Crippen LogP contribution in [-0.2, 0) is 4.79 Å². The lowest BCUT2D eigenvalue weighted by atomic mass is 9.84. The van der Waals surface area contributed by atoms with Gasteiger partial charge < -0.3 is 5.11 Å². The van der Waals surface area contributed by atoms with Crippen LogP contribution >= 0.6 is 11.6 Å². The second-order valence-corrected chi connectivity index (χ2v) is 5.39. The molecule has 0 aromatic carbocycles. The van der Waals surface area contributed by atoms with E-state index in [0.717, 1.165) is 32.5 Å². The molecule has 0 saturated carbocycles. The molecule has 1 aliphatic heterocycles. The van der Waals surface area contributed by atoms with Crippen LogP contribution < -0.4 is 0 Å². The first kappa shape index (κ1) is 14.5. The summed E-state index contributed by atoms with van der Waals surface area (Å²) in [4.78, 5) is 13.1. The average molecular weight is 260 g/mol. The van der Waals surface area contributed by atoms with Crippen LogP contribution in [0.1, 0.15) is 33.1 Å². The second-order valence-electron chi connectivity index (χ2n) is 5.17. The van der Waals surface area contributed by atoms with Crippen LogP contribution in [0.25, 0.3) is 0 Å². The summed E-state index contributed by atoms with van der Waals surface area (Å²) in [6.45, 7) is 7.07. The predicted molar refractivity (Wildman–Crippen MR) is 70.2 cm³/mol. The van der Waals surface area contributed by atoms with Crippen LogP contribution in [0.15, 0.2) is 11.1 Å². The summed E-state index contributed by atoms with van der Waals surface area (Å²) in [5.74, 6) is 0.0741. The molecule has 0 aliphatic carbocycles. The van der Waals surface area contributed by atoms with Gasteiger partial charge in [-0.2, -0.15) is 0 Å². The molecule has 0 aromatic heterocycles. The van der Waals surface area contributed by atoms with E-state index in [-0.39, 0.29) is 12.3 Å². The van der Waals surface area contributed by atoms with Crippen molar-refractivity contribution in [2.75, 3.05) is 19.6 Å². The Morgan fingerprint density at radius 3 is 2.94 bits per heavy atom. The molecule has 0 radical (unpaired) electrons. The quantitative estimate of drug-likeness (QED) is 0.825. The Bertz CT molecular complexity index is 291. The monoisotopic (exact) mass is 259 g/mol. The van der Waals surface area contributed by atoms with Crippen LogP contribution in [0.3, 0.4) is 0 Å². The second kappa shape index (κ2) is 7.02. The van der Waals surface area contributed by atoms with Gasteiger partial charge in [-0.3, -0.25) is 9.69 Å². The minimum Gasteiger partial charge on any atom is -0.481 e. The van der Waals surface area contributed by atoms with Crippen molar-refractivity contribution in [3.8, 4) is 0 Å². The Balaban J connectivity index is 2.45. The third kappa shape index (κ3) is 5.09. The highest BCUT2D eigenvalue weighted by atomic mass is 35.5. The summed E-state index contributed by atoms with van der Waals surface area (Å²) in [7, 11) is 0. The summed E-state index contributed by atoms with van der Waals surface area (Å²) in [6, 6.07) is 0. The molecule has 1 N–H and O–H groups in total. The van der Waals surface area contributed by atoms with E-state index in [2.05, 4.69) is 4.90 Å². The number of nitrogens with zero attached hydrogens (tertiary/aromatic N) is 1. The van der Waals surface area contributed by atoms with Crippen molar-refractivity contribution in [3.63, 3.8) is 0 Å². The zero-order valence-corrected chi connectivity index (χ0v) is 11.4. The topological polar surface area (TPSA) is 40.5 Å². The van der Waals surface area contributed by atoms with Gasteiger partial charge in [0.2, 0.25) is 0 Å². The molecular weight excluding hydrogens is 238 g/mol. The number of hydrogen-bond donors (Lipinski definition) is 1. The van der Waals surface area contributed by atoms with Crippen molar-refractivity contribution < 1.29 is 9.90 Å². The molecule has 1 rings (SSSR count). The Kier molecular flexibility index (Phi) is 6.00. The molecule has 1 saturated heterocycles. The first-order valence-corrected chi connectivity index (χ1v) is 6.66. The molecule has 1 aliphatic rings. The van der Waals surface area contributed by atoms with Gasteiger partial charge in [0.05, 0.1) is 0 Å². The van der Waals surface area contributed by atoms with Gasteiger partial charge in [0, 0.05) is 25.0 Å². The van der Waals surface area contributed by atoms with Gasteiger partial charge in [-0.25, -0.2) is 0 Å². The molecule has 17 heavy (non-hydrogen) atoms. The van der Waals surface area contributed by atoms with E-state index in [0.29, 0.717) is 5.92 Å². The third-order valence-electron chi connectivity index (χ3n) is 3.50. The van der Waals surface area contributed by atoms with Gasteiger partial charge in [0.25, 0.3) is 0 Å². The standard InChI is InChI=1S/C13H22ClNO2/c1-10(7-14)8-15-5-3-4-12(9-15)11(2)6-13(16)17/h7,11-12H,3-6,8-9H2,1-2H3,(H,16,17). The van der Waals surface area contributed by atoms with Crippen molar-refractivity contribution in [1.82, 2.24) is 4.90 Å². The fraction of sp³-hybridized carbons (Fsp3) is 0.769. The van der Waals surface area contributed by atoms with E-state index >= 15 is 0 Å². The van der Waals surface area contributed by atoms with Gasteiger partial charge in [-0.05, 0) is 43.7 Å². The molecule has 4 heteroatoms. The molecule has 2 unspecified atom stereocenters. The predicted octanol–water partition coefficient (Wildman–Crippen LogP) is 2.95. The van der Waals surface area contributed by atoms with Crippen molar-refractivity contribution in [2.24, 2.45) is 11.8 Å². The first-order valence-electron chi connectivity index (χ1n) is 6.23. The van der Waals surface area contributed by atoms with Crippen molar-refractivity contribution in [3.05, 3.63) is 11.1 Å². The molecule has 1 heterocycles. The summed E-state index contributed by atoms with van der Waals surface area (Å²) in [5, 5.41) is 8.82. The van der Waals surface area contributed by atoms with Gasteiger partial charge in [-0.15, -0.1) is 0 Å². The van der Waals surface area contributed by atoms with Crippen molar-refractivity contribution >= 4 is 17.6 Å². The molecule has 0 spiro atoms. The Morgan fingerprint density at radius 1 is 1.65 bits per heavy atom. The van der Waals surface area contributed by atoms with Crippen LogP contribution in [-0.4, -0.2) is 35.6 Å². The maximum atomic E-state index is 10.7. The lowest BCUT2D eigenvalue weighted by molar-refractivity contribution is -0.138. The third-order valence-corrected chi connectivity index (χ3v) is 3.88. The normalized spacial score (nSPS) is 24.6. The summed E-state index contributed by atoms with van der Waals surface area (Å²) >= 11 is 5.67. The van der Waals surface area contributed by atoms with Crippen molar-refractivity contribution in [2.45, 2.75) is 33.1 Å². The van der Waals surface area contributed by atoms with Gasteiger partial charge in [-0.1, -0.05) is 18.5 Å².